The van der Waals surface area contributed by atoms with Crippen LogP contribution in [0.25, 0.3) is 0 Å². The van der Waals surface area contributed by atoms with E-state index in [4.69, 9.17) is 11.6 Å². The highest BCUT2D eigenvalue weighted by Crippen LogP contribution is 2.31. The van der Waals surface area contributed by atoms with Crippen LogP contribution in [0.3, 0.4) is 0 Å². The molecule has 0 aliphatic carbocycles. The van der Waals surface area contributed by atoms with Gasteiger partial charge in [-0.15, -0.1) is 0 Å². The Kier molecular flexibility index (Phi) is 6.96. The quantitative estimate of drug-likeness (QED) is 0.748. The first-order valence-corrected chi connectivity index (χ1v) is 9.97. The molecule has 0 aromatic heterocycles. The maximum atomic E-state index is 10.9. The Labute approximate surface area is 164 Å². The molecular formula is C19H30BrClN2O2. The molecule has 6 heteroatoms. The highest BCUT2D eigenvalue weighted by molar-refractivity contribution is 9.10. The van der Waals surface area contributed by atoms with E-state index in [1.54, 1.807) is 0 Å². The van der Waals surface area contributed by atoms with Crippen LogP contribution in [0.5, 0.6) is 0 Å². The average Bonchev–Trinajstić information content (AvgIpc) is 2.47. The summed E-state index contributed by atoms with van der Waals surface area (Å²) in [6.07, 6.45) is -0.330. The van der Waals surface area contributed by atoms with Crippen LogP contribution in [0.2, 0.25) is 5.02 Å². The zero-order valence-corrected chi connectivity index (χ0v) is 17.9. The fraction of sp³-hybridized carbons (Fsp3) is 0.684. The SMILES string of the molecule is CC(O)(CN1CCN(CC(O)C(C)(C)C)CC1)c1ccc(Br)cc1Cl. The van der Waals surface area contributed by atoms with Gasteiger partial charge in [-0.25, -0.2) is 0 Å². The molecule has 1 saturated heterocycles. The predicted molar refractivity (Wildman–Crippen MR) is 107 cm³/mol. The normalized spacial score (nSPS) is 21.1. The van der Waals surface area contributed by atoms with Crippen molar-refractivity contribution in [2.45, 2.75) is 39.4 Å². The molecule has 1 aliphatic heterocycles. The number of piperazine rings is 1. The van der Waals surface area contributed by atoms with Crippen LogP contribution >= 0.6 is 27.5 Å². The van der Waals surface area contributed by atoms with Crippen LogP contribution < -0.4 is 0 Å². The second kappa shape index (κ2) is 8.24. The van der Waals surface area contributed by atoms with Crippen molar-refractivity contribution in [2.75, 3.05) is 39.3 Å². The Morgan fingerprint density at radius 2 is 1.68 bits per heavy atom. The van der Waals surface area contributed by atoms with Gasteiger partial charge in [0.1, 0.15) is 5.60 Å². The summed E-state index contributed by atoms with van der Waals surface area (Å²) in [7, 11) is 0. The number of benzene rings is 1. The Morgan fingerprint density at radius 3 is 2.20 bits per heavy atom. The summed E-state index contributed by atoms with van der Waals surface area (Å²) in [6, 6.07) is 5.60. The van der Waals surface area contributed by atoms with Crippen LogP contribution in [0.15, 0.2) is 22.7 Å². The second-order valence-electron chi connectivity index (χ2n) is 8.36. The minimum atomic E-state index is -0.995. The molecule has 2 rings (SSSR count). The highest BCUT2D eigenvalue weighted by Gasteiger charge is 2.31. The number of β-amino-alcohol motifs (C(OH)–C–C–N with tert-alkyl or cyclic N) is 2. The van der Waals surface area contributed by atoms with E-state index < -0.39 is 5.60 Å². The predicted octanol–water partition coefficient (Wildman–Crippen LogP) is 3.33. The van der Waals surface area contributed by atoms with Gasteiger partial charge < -0.3 is 10.2 Å². The van der Waals surface area contributed by atoms with Crippen LogP contribution in [0, 0.1) is 5.41 Å². The van der Waals surface area contributed by atoms with E-state index in [-0.39, 0.29) is 11.5 Å². The van der Waals surface area contributed by atoms with E-state index in [0.717, 1.165) is 36.2 Å². The van der Waals surface area contributed by atoms with Gasteiger partial charge in [0.15, 0.2) is 0 Å². The summed E-state index contributed by atoms with van der Waals surface area (Å²) in [4.78, 5) is 4.56. The lowest BCUT2D eigenvalue weighted by Gasteiger charge is -2.40. The first-order valence-electron chi connectivity index (χ1n) is 8.80. The van der Waals surface area contributed by atoms with Gasteiger partial charge in [-0.05, 0) is 24.5 Å². The van der Waals surface area contributed by atoms with Gasteiger partial charge in [-0.3, -0.25) is 9.80 Å². The molecular weight excluding hydrogens is 404 g/mol. The van der Waals surface area contributed by atoms with E-state index in [0.29, 0.717) is 18.1 Å². The molecule has 1 fully saturated rings. The number of nitrogens with zero attached hydrogens (tertiary/aromatic N) is 2. The number of halogens is 2. The molecule has 1 aromatic rings. The summed E-state index contributed by atoms with van der Waals surface area (Å²) in [5.74, 6) is 0. The highest BCUT2D eigenvalue weighted by atomic mass is 79.9. The summed E-state index contributed by atoms with van der Waals surface area (Å²) in [6.45, 7) is 12.8. The molecule has 142 valence electrons. The first kappa shape index (κ1) is 21.1. The summed E-state index contributed by atoms with van der Waals surface area (Å²) in [5, 5.41) is 21.8. The minimum absolute atomic E-state index is 0.0981. The second-order valence-corrected chi connectivity index (χ2v) is 9.68. The lowest BCUT2D eigenvalue weighted by molar-refractivity contribution is -0.0160. The summed E-state index contributed by atoms with van der Waals surface area (Å²) in [5.41, 5.74) is -0.341. The van der Waals surface area contributed by atoms with Crippen molar-refractivity contribution in [1.29, 1.82) is 0 Å². The van der Waals surface area contributed by atoms with Crippen molar-refractivity contribution < 1.29 is 10.2 Å². The fourth-order valence-electron chi connectivity index (χ4n) is 3.10. The average molecular weight is 434 g/mol. The zero-order valence-electron chi connectivity index (χ0n) is 15.6. The molecule has 0 bridgehead atoms. The number of aliphatic hydroxyl groups is 2. The van der Waals surface area contributed by atoms with Crippen LogP contribution in [0.1, 0.15) is 33.3 Å². The molecule has 0 saturated carbocycles. The molecule has 0 radical (unpaired) electrons. The van der Waals surface area contributed by atoms with E-state index >= 15 is 0 Å². The van der Waals surface area contributed by atoms with Crippen LogP contribution in [-0.4, -0.2) is 65.4 Å². The maximum Gasteiger partial charge on any atom is 0.101 e. The van der Waals surface area contributed by atoms with E-state index in [9.17, 15) is 10.2 Å². The number of aliphatic hydroxyl groups excluding tert-OH is 1. The van der Waals surface area contributed by atoms with Gasteiger partial charge in [0.2, 0.25) is 0 Å². The lowest BCUT2D eigenvalue weighted by Crippen LogP contribution is -2.52. The number of hydrogen-bond acceptors (Lipinski definition) is 4. The Balaban J connectivity index is 1.90. The third-order valence-corrected chi connectivity index (χ3v) is 5.74. The summed E-state index contributed by atoms with van der Waals surface area (Å²) < 4.78 is 0.906. The summed E-state index contributed by atoms with van der Waals surface area (Å²) >= 11 is 9.71. The third kappa shape index (κ3) is 5.91. The van der Waals surface area contributed by atoms with Crippen molar-refractivity contribution in [3.63, 3.8) is 0 Å². The lowest BCUT2D eigenvalue weighted by atomic mass is 9.89. The molecule has 0 spiro atoms. The Bertz CT molecular complexity index is 581. The van der Waals surface area contributed by atoms with Crippen molar-refractivity contribution >= 4 is 27.5 Å². The minimum Gasteiger partial charge on any atom is -0.391 e. The number of hydrogen-bond donors (Lipinski definition) is 2. The van der Waals surface area contributed by atoms with Gasteiger partial charge in [-0.1, -0.05) is 54.4 Å². The topological polar surface area (TPSA) is 46.9 Å². The molecule has 2 atom stereocenters. The monoisotopic (exact) mass is 432 g/mol. The van der Waals surface area contributed by atoms with E-state index in [2.05, 4.69) is 46.5 Å². The molecule has 4 nitrogen and oxygen atoms in total. The Hall–Kier alpha value is -0.170. The van der Waals surface area contributed by atoms with Gasteiger partial charge in [0.05, 0.1) is 6.10 Å². The van der Waals surface area contributed by atoms with Gasteiger partial charge >= 0.3 is 0 Å². The fourth-order valence-corrected chi connectivity index (χ4v) is 3.97. The maximum absolute atomic E-state index is 10.9. The zero-order chi connectivity index (χ0) is 18.8. The van der Waals surface area contributed by atoms with Crippen molar-refractivity contribution in [1.82, 2.24) is 9.80 Å². The first-order chi connectivity index (χ1) is 11.5. The molecule has 1 heterocycles. The third-order valence-electron chi connectivity index (χ3n) is 4.94. The number of rotatable bonds is 5. The van der Waals surface area contributed by atoms with E-state index in [1.807, 2.05) is 25.1 Å². The van der Waals surface area contributed by atoms with Crippen molar-refractivity contribution in [3.05, 3.63) is 33.3 Å². The van der Waals surface area contributed by atoms with E-state index in [1.165, 1.54) is 0 Å². The largest absolute Gasteiger partial charge is 0.391 e. The van der Waals surface area contributed by atoms with Crippen molar-refractivity contribution in [3.8, 4) is 0 Å². The molecule has 25 heavy (non-hydrogen) atoms. The van der Waals surface area contributed by atoms with Gasteiger partial charge in [-0.2, -0.15) is 0 Å². The van der Waals surface area contributed by atoms with Crippen LogP contribution in [0.4, 0.5) is 0 Å². The van der Waals surface area contributed by atoms with Crippen LogP contribution in [-0.2, 0) is 5.60 Å². The molecule has 2 N–H and O–H groups in total. The smallest absolute Gasteiger partial charge is 0.101 e. The standard InChI is InChI=1S/C19H30BrClN2O2/c1-18(2,3)17(24)12-22-7-9-23(10-8-22)13-19(4,25)15-6-5-14(20)11-16(15)21/h5-6,11,17,24-25H,7-10,12-13H2,1-4H3. The molecule has 2 unspecified atom stereocenters. The molecule has 1 aromatic carbocycles. The molecule has 0 amide bonds. The molecule has 1 aliphatic rings. The Morgan fingerprint density at radius 1 is 1.12 bits per heavy atom. The van der Waals surface area contributed by atoms with Gasteiger partial charge in [0.25, 0.3) is 0 Å². The van der Waals surface area contributed by atoms with Gasteiger partial charge in [0, 0.05) is 54.3 Å². The van der Waals surface area contributed by atoms with Crippen molar-refractivity contribution in [2.24, 2.45) is 5.41 Å².